The number of benzene rings is 1. The number of nitrogens with one attached hydrogen (secondary N) is 1. The van der Waals surface area contributed by atoms with Crippen molar-refractivity contribution in [3.05, 3.63) is 47.2 Å². The molecule has 1 aromatic carbocycles. The Morgan fingerprint density at radius 2 is 1.82 bits per heavy atom. The predicted octanol–water partition coefficient (Wildman–Crippen LogP) is 2.83. The van der Waals surface area contributed by atoms with Gasteiger partial charge in [0.15, 0.2) is 5.16 Å². The number of nitrogens with zero attached hydrogens (tertiary/aromatic N) is 4. The number of rotatable bonds is 7. The molecule has 6 nitrogen and oxygen atoms in total. The minimum atomic E-state index is -0.0301. The average molecular weight is 400 g/mol. The van der Waals surface area contributed by atoms with Crippen molar-refractivity contribution >= 4 is 23.5 Å². The number of carbonyl (C=O) groups excluding carboxylic acids is 1. The van der Waals surface area contributed by atoms with Gasteiger partial charge in [0, 0.05) is 55.8 Å². The average Bonchev–Trinajstić information content (AvgIpc) is 2.73. The van der Waals surface area contributed by atoms with Gasteiger partial charge in [0.05, 0.1) is 0 Å². The molecule has 1 aliphatic rings. The zero-order valence-corrected chi connectivity index (χ0v) is 17.8. The van der Waals surface area contributed by atoms with E-state index in [1.165, 1.54) is 0 Å². The van der Waals surface area contributed by atoms with E-state index in [9.17, 15) is 4.79 Å². The van der Waals surface area contributed by atoms with Crippen LogP contribution in [-0.2, 0) is 12.2 Å². The molecule has 1 saturated heterocycles. The van der Waals surface area contributed by atoms with Gasteiger partial charge in [-0.15, -0.1) is 0 Å². The number of aromatic nitrogens is 2. The van der Waals surface area contributed by atoms with Crippen LogP contribution in [0.1, 0.15) is 35.5 Å². The number of carbonyl (C=O) groups is 1. The van der Waals surface area contributed by atoms with E-state index in [0.717, 1.165) is 60.6 Å². The lowest BCUT2D eigenvalue weighted by Crippen LogP contribution is -2.44. The van der Waals surface area contributed by atoms with Gasteiger partial charge in [-0.25, -0.2) is 9.97 Å². The highest BCUT2D eigenvalue weighted by molar-refractivity contribution is 7.98. The first-order valence-corrected chi connectivity index (χ1v) is 10.9. The maximum absolute atomic E-state index is 11.9. The molecule has 1 aromatic heterocycles. The fourth-order valence-electron chi connectivity index (χ4n) is 3.07. The van der Waals surface area contributed by atoms with Crippen LogP contribution in [0, 0.1) is 0 Å². The summed E-state index contributed by atoms with van der Waals surface area (Å²) in [7, 11) is 2.16. The molecule has 0 aliphatic carbocycles. The molecule has 0 radical (unpaired) electrons. The molecule has 1 amide bonds. The molecule has 0 atom stereocenters. The Labute approximate surface area is 171 Å². The number of hydrogen-bond acceptors (Lipinski definition) is 6. The van der Waals surface area contributed by atoms with Crippen molar-refractivity contribution in [2.75, 3.05) is 44.7 Å². The minimum Gasteiger partial charge on any atom is -0.354 e. The molecule has 0 bridgehead atoms. The van der Waals surface area contributed by atoms with E-state index in [2.05, 4.69) is 35.2 Å². The van der Waals surface area contributed by atoms with Crippen LogP contribution in [0.3, 0.4) is 0 Å². The summed E-state index contributed by atoms with van der Waals surface area (Å²) in [6.45, 7) is 8.81. The Hall–Kier alpha value is -2.12. The topological polar surface area (TPSA) is 61.4 Å². The normalized spacial score (nSPS) is 14.9. The third kappa shape index (κ3) is 5.45. The molecular weight excluding hydrogens is 370 g/mol. The number of likely N-dealkylation sites (N-methyl/N-ethyl adjacent to an activating group) is 1. The quantitative estimate of drug-likeness (QED) is 0.571. The molecule has 0 unspecified atom stereocenters. The molecule has 1 aliphatic heterocycles. The largest absolute Gasteiger partial charge is 0.354 e. The van der Waals surface area contributed by atoms with Crippen molar-refractivity contribution in [2.24, 2.45) is 0 Å². The number of amides is 1. The van der Waals surface area contributed by atoms with Gasteiger partial charge >= 0.3 is 0 Å². The van der Waals surface area contributed by atoms with Gasteiger partial charge in [0.2, 0.25) is 0 Å². The molecule has 2 aromatic rings. The fraction of sp³-hybridized carbons (Fsp3) is 0.476. The lowest BCUT2D eigenvalue weighted by molar-refractivity contribution is 0.0956. The van der Waals surface area contributed by atoms with Crippen molar-refractivity contribution < 1.29 is 4.79 Å². The molecule has 2 heterocycles. The zero-order valence-electron chi connectivity index (χ0n) is 16.9. The Morgan fingerprint density at radius 3 is 2.46 bits per heavy atom. The van der Waals surface area contributed by atoms with E-state index in [1.807, 2.05) is 31.2 Å². The SMILES string of the molecule is CCNC(=O)c1ccc(CSc2nc(CC)cc(N3CCN(C)CC3)n2)cc1. The monoisotopic (exact) mass is 399 g/mol. The third-order valence-corrected chi connectivity index (χ3v) is 5.77. The van der Waals surface area contributed by atoms with Crippen molar-refractivity contribution in [2.45, 2.75) is 31.2 Å². The molecule has 1 fully saturated rings. The highest BCUT2D eigenvalue weighted by Crippen LogP contribution is 2.24. The predicted molar refractivity (Wildman–Crippen MR) is 115 cm³/mol. The Morgan fingerprint density at radius 1 is 1.11 bits per heavy atom. The second-order valence-electron chi connectivity index (χ2n) is 6.99. The second kappa shape index (κ2) is 9.89. The van der Waals surface area contributed by atoms with Crippen LogP contribution in [-0.4, -0.2) is 60.5 Å². The van der Waals surface area contributed by atoms with Crippen molar-refractivity contribution in [1.29, 1.82) is 0 Å². The summed E-state index contributed by atoms with van der Waals surface area (Å²) < 4.78 is 0. The van der Waals surface area contributed by atoms with Crippen LogP contribution in [0.5, 0.6) is 0 Å². The third-order valence-electron chi connectivity index (χ3n) is 4.86. The summed E-state index contributed by atoms with van der Waals surface area (Å²) in [6, 6.07) is 9.88. The molecule has 3 rings (SSSR count). The summed E-state index contributed by atoms with van der Waals surface area (Å²) in [4.78, 5) is 26.1. The number of hydrogen-bond donors (Lipinski definition) is 1. The smallest absolute Gasteiger partial charge is 0.251 e. The molecular formula is C21H29N5OS. The van der Waals surface area contributed by atoms with Gasteiger partial charge in [-0.1, -0.05) is 30.8 Å². The summed E-state index contributed by atoms with van der Waals surface area (Å²) >= 11 is 1.65. The number of piperazine rings is 1. The number of anilines is 1. The van der Waals surface area contributed by atoms with Gasteiger partial charge in [-0.05, 0) is 38.1 Å². The lowest BCUT2D eigenvalue weighted by Gasteiger charge is -2.33. The Kier molecular flexibility index (Phi) is 7.28. The van der Waals surface area contributed by atoms with Crippen molar-refractivity contribution in [3.63, 3.8) is 0 Å². The van der Waals surface area contributed by atoms with Gasteiger partial charge in [-0.3, -0.25) is 4.79 Å². The van der Waals surface area contributed by atoms with E-state index in [1.54, 1.807) is 11.8 Å². The first-order chi connectivity index (χ1) is 13.6. The lowest BCUT2D eigenvalue weighted by atomic mass is 10.1. The summed E-state index contributed by atoms with van der Waals surface area (Å²) in [6.07, 6.45) is 0.901. The van der Waals surface area contributed by atoms with Crippen LogP contribution in [0.15, 0.2) is 35.5 Å². The van der Waals surface area contributed by atoms with E-state index in [-0.39, 0.29) is 5.91 Å². The molecule has 7 heteroatoms. The molecule has 0 spiro atoms. The molecule has 0 saturated carbocycles. The first kappa shape index (κ1) is 20.6. The van der Waals surface area contributed by atoms with Crippen LogP contribution in [0.25, 0.3) is 0 Å². The maximum atomic E-state index is 11.9. The van der Waals surface area contributed by atoms with Crippen LogP contribution >= 0.6 is 11.8 Å². The highest BCUT2D eigenvalue weighted by atomic mass is 32.2. The Bertz CT molecular complexity index is 788. The summed E-state index contributed by atoms with van der Waals surface area (Å²) in [5.41, 5.74) is 2.93. The second-order valence-corrected chi connectivity index (χ2v) is 7.93. The van der Waals surface area contributed by atoms with E-state index in [4.69, 9.17) is 9.97 Å². The Balaban J connectivity index is 1.66. The molecule has 1 N–H and O–H groups in total. The van der Waals surface area contributed by atoms with Gasteiger partial charge in [0.25, 0.3) is 5.91 Å². The van der Waals surface area contributed by atoms with Gasteiger partial charge in [-0.2, -0.15) is 0 Å². The van der Waals surface area contributed by atoms with E-state index < -0.39 is 0 Å². The highest BCUT2D eigenvalue weighted by Gasteiger charge is 2.17. The van der Waals surface area contributed by atoms with Crippen molar-refractivity contribution in [1.82, 2.24) is 20.2 Å². The summed E-state index contributed by atoms with van der Waals surface area (Å²) in [5, 5.41) is 3.64. The maximum Gasteiger partial charge on any atom is 0.251 e. The van der Waals surface area contributed by atoms with Crippen LogP contribution < -0.4 is 10.2 Å². The van der Waals surface area contributed by atoms with Crippen LogP contribution in [0.2, 0.25) is 0 Å². The summed E-state index contributed by atoms with van der Waals surface area (Å²) in [5.74, 6) is 1.79. The zero-order chi connectivity index (χ0) is 19.9. The number of aryl methyl sites for hydroxylation is 1. The van der Waals surface area contributed by atoms with Crippen molar-refractivity contribution in [3.8, 4) is 0 Å². The van der Waals surface area contributed by atoms with Gasteiger partial charge in [0.1, 0.15) is 5.82 Å². The minimum absolute atomic E-state index is 0.0301. The standard InChI is InChI=1S/C21H29N5OS/c1-4-18-14-19(26-12-10-25(3)11-13-26)24-21(23-18)28-15-16-6-8-17(9-7-16)20(27)22-5-2/h6-9,14H,4-5,10-13,15H2,1-3H3,(H,22,27). The van der Waals surface area contributed by atoms with Crippen LogP contribution in [0.4, 0.5) is 5.82 Å². The number of thioether (sulfide) groups is 1. The molecule has 150 valence electrons. The van der Waals surface area contributed by atoms with E-state index in [0.29, 0.717) is 12.1 Å². The van der Waals surface area contributed by atoms with Gasteiger partial charge < -0.3 is 15.1 Å². The van der Waals surface area contributed by atoms with E-state index >= 15 is 0 Å². The first-order valence-electron chi connectivity index (χ1n) is 9.90. The fourth-order valence-corrected chi connectivity index (χ4v) is 3.89. The molecule has 28 heavy (non-hydrogen) atoms.